The zero-order valence-corrected chi connectivity index (χ0v) is 21.5. The second-order valence-corrected chi connectivity index (χ2v) is 9.24. The largest absolute Gasteiger partial charge is 0.507 e. The van der Waals surface area contributed by atoms with Gasteiger partial charge in [0.05, 0.1) is 30.5 Å². The predicted octanol–water partition coefficient (Wildman–Crippen LogP) is 5.10. The highest BCUT2D eigenvalue weighted by molar-refractivity contribution is 7.17. The van der Waals surface area contributed by atoms with Gasteiger partial charge in [-0.25, -0.2) is 14.2 Å². The first-order chi connectivity index (χ1) is 17.7. The molecule has 8 nitrogen and oxygen atoms in total. The number of nitrogens with zero attached hydrogens (tertiary/aromatic N) is 2. The third-order valence-electron chi connectivity index (χ3n) is 5.85. The topological polar surface area (TPSA) is 106 Å². The maximum atomic E-state index is 14.3. The molecule has 0 aliphatic carbocycles. The monoisotopic (exact) mass is 524 g/mol. The fourth-order valence-electron chi connectivity index (χ4n) is 4.03. The number of aryl methyl sites for hydroxylation is 2. The molecule has 37 heavy (non-hydrogen) atoms. The summed E-state index contributed by atoms with van der Waals surface area (Å²) < 4.78 is 24.9. The minimum atomic E-state index is -1.08. The van der Waals surface area contributed by atoms with Crippen molar-refractivity contribution in [2.75, 3.05) is 18.1 Å². The normalized spacial score (nSPS) is 16.8. The van der Waals surface area contributed by atoms with Crippen LogP contribution >= 0.6 is 11.3 Å². The number of ether oxygens (including phenoxy) is 2. The van der Waals surface area contributed by atoms with Crippen LogP contribution in [0, 0.1) is 19.7 Å². The zero-order chi connectivity index (χ0) is 26.9. The number of hydrogen-bond donors (Lipinski definition) is 1. The van der Waals surface area contributed by atoms with Crippen molar-refractivity contribution in [1.82, 2.24) is 4.98 Å². The summed E-state index contributed by atoms with van der Waals surface area (Å²) in [6.07, 6.45) is 0. The summed E-state index contributed by atoms with van der Waals surface area (Å²) in [5, 5.41) is 11.3. The van der Waals surface area contributed by atoms with E-state index in [1.54, 1.807) is 45.0 Å². The van der Waals surface area contributed by atoms with Crippen molar-refractivity contribution in [3.63, 3.8) is 0 Å². The first-order valence-electron chi connectivity index (χ1n) is 11.6. The number of thiazole rings is 1. The Hall–Kier alpha value is -4.05. The lowest BCUT2D eigenvalue weighted by molar-refractivity contribution is -0.132. The molecule has 3 aromatic rings. The van der Waals surface area contributed by atoms with Crippen LogP contribution in [0.2, 0.25) is 0 Å². The van der Waals surface area contributed by atoms with E-state index in [2.05, 4.69) is 4.98 Å². The molecule has 2 heterocycles. The van der Waals surface area contributed by atoms with Gasteiger partial charge in [0, 0.05) is 5.56 Å². The van der Waals surface area contributed by atoms with Crippen molar-refractivity contribution in [1.29, 1.82) is 0 Å². The van der Waals surface area contributed by atoms with Crippen molar-refractivity contribution >= 4 is 39.9 Å². The lowest BCUT2D eigenvalue weighted by atomic mass is 9.95. The van der Waals surface area contributed by atoms with Crippen LogP contribution in [0.5, 0.6) is 5.75 Å². The zero-order valence-electron chi connectivity index (χ0n) is 20.7. The van der Waals surface area contributed by atoms with Gasteiger partial charge >= 0.3 is 11.9 Å². The summed E-state index contributed by atoms with van der Waals surface area (Å²) in [7, 11) is 0. The van der Waals surface area contributed by atoms with Gasteiger partial charge in [-0.2, -0.15) is 0 Å². The molecule has 1 atom stereocenters. The molecule has 1 aliphatic rings. The van der Waals surface area contributed by atoms with Gasteiger partial charge in [-0.05, 0) is 57.0 Å². The Morgan fingerprint density at radius 3 is 2.43 bits per heavy atom. The molecule has 1 fully saturated rings. The molecule has 1 aliphatic heterocycles. The highest BCUT2D eigenvalue weighted by Gasteiger charge is 2.48. The van der Waals surface area contributed by atoms with E-state index in [4.69, 9.17) is 9.47 Å². The number of aliphatic hydroxyl groups excluding tert-OH is 1. The number of ketones is 1. The van der Waals surface area contributed by atoms with E-state index in [9.17, 15) is 23.9 Å². The number of hydrogen-bond acceptors (Lipinski definition) is 8. The van der Waals surface area contributed by atoms with Crippen molar-refractivity contribution in [3.05, 3.63) is 81.1 Å². The van der Waals surface area contributed by atoms with Gasteiger partial charge in [-0.3, -0.25) is 14.5 Å². The Labute approximate surface area is 217 Å². The second-order valence-electron chi connectivity index (χ2n) is 8.27. The maximum absolute atomic E-state index is 14.3. The highest BCUT2D eigenvalue weighted by atomic mass is 32.1. The molecule has 1 N–H and O–H groups in total. The minimum Gasteiger partial charge on any atom is -0.507 e. The van der Waals surface area contributed by atoms with Crippen molar-refractivity contribution < 1.29 is 33.4 Å². The van der Waals surface area contributed by atoms with E-state index < -0.39 is 35.3 Å². The average molecular weight is 525 g/mol. The fraction of sp³-hybridized carbons (Fsp3) is 0.259. The SMILES string of the molecule is CCOC(=O)c1sc(N2C(=O)C(=O)/C(=C(\O)c3ccc(C)c(F)c3)C2c2ccc(OCC)cc2)nc1C. The lowest BCUT2D eigenvalue weighted by Gasteiger charge is -2.23. The van der Waals surface area contributed by atoms with E-state index in [-0.39, 0.29) is 27.8 Å². The number of carbonyl (C=O) groups excluding carboxylic acids is 3. The molecular weight excluding hydrogens is 499 g/mol. The van der Waals surface area contributed by atoms with E-state index in [0.29, 0.717) is 29.2 Å². The minimum absolute atomic E-state index is 0.0552. The van der Waals surface area contributed by atoms with Gasteiger partial charge in [0.2, 0.25) is 0 Å². The number of anilines is 1. The quantitative estimate of drug-likeness (QED) is 0.198. The lowest BCUT2D eigenvalue weighted by Crippen LogP contribution is -2.29. The average Bonchev–Trinajstić information content (AvgIpc) is 3.38. The number of Topliss-reactive ketones (excluding diaryl/α,β-unsaturated/α-hetero) is 1. The van der Waals surface area contributed by atoms with Crippen molar-refractivity contribution in [2.24, 2.45) is 0 Å². The molecule has 1 aromatic heterocycles. The molecule has 0 spiro atoms. The fourth-order valence-corrected chi connectivity index (χ4v) is 5.01. The number of aliphatic hydroxyl groups is 1. The molecule has 192 valence electrons. The van der Waals surface area contributed by atoms with E-state index in [1.165, 1.54) is 12.1 Å². The van der Waals surface area contributed by atoms with Crippen LogP contribution in [-0.2, 0) is 14.3 Å². The van der Waals surface area contributed by atoms with Crippen LogP contribution in [0.3, 0.4) is 0 Å². The Morgan fingerprint density at radius 2 is 1.81 bits per heavy atom. The molecule has 1 unspecified atom stereocenters. The molecule has 0 radical (unpaired) electrons. The van der Waals surface area contributed by atoms with Gasteiger partial charge in [0.25, 0.3) is 5.78 Å². The summed E-state index contributed by atoms with van der Waals surface area (Å²) >= 11 is 0.913. The Morgan fingerprint density at radius 1 is 1.11 bits per heavy atom. The van der Waals surface area contributed by atoms with Gasteiger partial charge in [-0.1, -0.05) is 35.6 Å². The van der Waals surface area contributed by atoms with Crippen LogP contribution in [0.25, 0.3) is 5.76 Å². The standard InChI is InChI=1S/C27H25FN2O6S/c1-5-35-18-11-9-16(10-12-18)21-20(22(31)17-8-7-14(3)19(28)13-17)23(32)25(33)30(21)27-29-15(4)24(37-27)26(34)36-6-2/h7-13,21,31H,5-6H2,1-4H3/b22-20-. The Bertz CT molecular complexity index is 1410. The first-order valence-corrected chi connectivity index (χ1v) is 12.4. The van der Waals surface area contributed by atoms with Crippen LogP contribution in [0.1, 0.15) is 51.9 Å². The van der Waals surface area contributed by atoms with Crippen LogP contribution < -0.4 is 9.64 Å². The number of carbonyl (C=O) groups is 3. The molecule has 1 amide bonds. The van der Waals surface area contributed by atoms with Crippen molar-refractivity contribution in [3.8, 4) is 5.75 Å². The third kappa shape index (κ3) is 4.84. The molecule has 0 saturated carbocycles. The van der Waals surface area contributed by atoms with Crippen molar-refractivity contribution in [2.45, 2.75) is 33.7 Å². The number of halogens is 1. The molecule has 4 rings (SSSR count). The number of esters is 1. The van der Waals surface area contributed by atoms with Crippen LogP contribution in [-0.4, -0.2) is 41.0 Å². The first kappa shape index (κ1) is 26.0. The highest BCUT2D eigenvalue weighted by Crippen LogP contribution is 2.44. The second kappa shape index (κ2) is 10.5. The third-order valence-corrected chi connectivity index (χ3v) is 6.99. The van der Waals surface area contributed by atoms with E-state index >= 15 is 0 Å². The molecule has 0 bridgehead atoms. The summed E-state index contributed by atoms with van der Waals surface area (Å²) in [4.78, 5) is 44.7. The maximum Gasteiger partial charge on any atom is 0.350 e. The molecule has 1 saturated heterocycles. The van der Waals surface area contributed by atoms with Gasteiger partial charge in [0.1, 0.15) is 22.2 Å². The van der Waals surface area contributed by atoms with Gasteiger partial charge < -0.3 is 14.6 Å². The summed E-state index contributed by atoms with van der Waals surface area (Å²) in [6, 6.07) is 9.68. The number of rotatable bonds is 7. The van der Waals surface area contributed by atoms with Crippen LogP contribution in [0.15, 0.2) is 48.0 Å². The summed E-state index contributed by atoms with van der Waals surface area (Å²) in [5.41, 5.74) is 1.03. The van der Waals surface area contributed by atoms with E-state index in [0.717, 1.165) is 22.3 Å². The number of amides is 1. The summed E-state index contributed by atoms with van der Waals surface area (Å²) in [6.45, 7) is 7.30. The number of benzene rings is 2. The number of aromatic nitrogens is 1. The Kier molecular flexibility index (Phi) is 7.40. The summed E-state index contributed by atoms with van der Waals surface area (Å²) in [5.74, 6) is -2.98. The molecule has 2 aromatic carbocycles. The van der Waals surface area contributed by atoms with Crippen LogP contribution in [0.4, 0.5) is 9.52 Å². The molecule has 10 heteroatoms. The smallest absolute Gasteiger partial charge is 0.350 e. The molecular formula is C27H25FN2O6S. The Balaban J connectivity index is 1.90. The van der Waals surface area contributed by atoms with E-state index in [1.807, 2.05) is 6.92 Å². The predicted molar refractivity (Wildman–Crippen MR) is 136 cm³/mol. The van der Waals surface area contributed by atoms with Gasteiger partial charge in [-0.15, -0.1) is 0 Å². The van der Waals surface area contributed by atoms with Gasteiger partial charge in [0.15, 0.2) is 5.13 Å².